The number of piperazine rings is 1. The minimum atomic E-state index is -0.00995. The fourth-order valence-electron chi connectivity index (χ4n) is 3.43. The summed E-state index contributed by atoms with van der Waals surface area (Å²) in [7, 11) is 0. The molecule has 0 spiro atoms. The molecule has 0 atom stereocenters. The van der Waals surface area contributed by atoms with Gasteiger partial charge in [0.2, 0.25) is 11.7 Å². The Morgan fingerprint density at radius 2 is 1.76 bits per heavy atom. The van der Waals surface area contributed by atoms with Crippen LogP contribution in [-0.4, -0.2) is 52.0 Å². The summed E-state index contributed by atoms with van der Waals surface area (Å²) in [5.41, 5.74) is 1.85. The zero-order chi connectivity index (χ0) is 20.1. The van der Waals surface area contributed by atoms with Gasteiger partial charge < -0.3 is 14.2 Å². The summed E-state index contributed by atoms with van der Waals surface area (Å²) in [5, 5.41) is 3.83. The molecule has 1 fully saturated rings. The van der Waals surface area contributed by atoms with E-state index in [2.05, 4.69) is 39.3 Å². The molecule has 2 aromatic carbocycles. The molecule has 7 nitrogen and oxygen atoms in total. The van der Waals surface area contributed by atoms with Crippen LogP contribution in [0.5, 0.6) is 5.75 Å². The smallest absolute Gasteiger partial charge is 0.257 e. The molecule has 29 heavy (non-hydrogen) atoms. The number of rotatable bonds is 6. The molecule has 1 aliphatic heterocycles. The van der Waals surface area contributed by atoms with Gasteiger partial charge in [-0.3, -0.25) is 9.69 Å². The van der Waals surface area contributed by atoms with E-state index in [9.17, 15) is 4.79 Å². The highest BCUT2D eigenvalue weighted by Gasteiger charge is 2.24. The molecule has 3 aromatic rings. The van der Waals surface area contributed by atoms with Gasteiger partial charge in [-0.25, -0.2) is 0 Å². The molecule has 7 heteroatoms. The number of ether oxygens (including phenoxy) is 1. The van der Waals surface area contributed by atoms with Crippen LogP contribution in [0.3, 0.4) is 0 Å². The highest BCUT2D eigenvalue weighted by molar-refractivity contribution is 5.97. The van der Waals surface area contributed by atoms with Crippen molar-refractivity contribution in [1.82, 2.24) is 19.9 Å². The van der Waals surface area contributed by atoms with Crippen LogP contribution in [0.4, 0.5) is 0 Å². The predicted octanol–water partition coefficient (Wildman–Crippen LogP) is 2.92. The predicted molar refractivity (Wildman–Crippen MR) is 107 cm³/mol. The monoisotopic (exact) mass is 392 g/mol. The lowest BCUT2D eigenvalue weighted by atomic mass is 10.1. The number of aromatic nitrogens is 2. The van der Waals surface area contributed by atoms with Crippen LogP contribution in [0.2, 0.25) is 0 Å². The van der Waals surface area contributed by atoms with Crippen molar-refractivity contribution in [1.29, 1.82) is 0 Å². The first kappa shape index (κ1) is 19.1. The second-order valence-corrected chi connectivity index (χ2v) is 7.07. The van der Waals surface area contributed by atoms with Crippen molar-refractivity contribution >= 4 is 5.91 Å². The van der Waals surface area contributed by atoms with E-state index in [1.807, 2.05) is 23.1 Å². The average Bonchev–Trinajstić information content (AvgIpc) is 3.18. The van der Waals surface area contributed by atoms with Crippen LogP contribution < -0.4 is 4.74 Å². The molecule has 4 rings (SSSR count). The summed E-state index contributed by atoms with van der Waals surface area (Å²) in [6, 6.07) is 17.7. The van der Waals surface area contributed by atoms with E-state index in [4.69, 9.17) is 9.26 Å². The summed E-state index contributed by atoms with van der Waals surface area (Å²) in [6.45, 7) is 5.90. The Kier molecular flexibility index (Phi) is 5.86. The van der Waals surface area contributed by atoms with Gasteiger partial charge in [-0.2, -0.15) is 4.98 Å². The molecule has 0 saturated carbocycles. The maximum absolute atomic E-state index is 13.1. The van der Waals surface area contributed by atoms with Crippen LogP contribution in [0.15, 0.2) is 59.1 Å². The summed E-state index contributed by atoms with van der Waals surface area (Å²) >= 11 is 0. The minimum Gasteiger partial charge on any atom is -0.485 e. The van der Waals surface area contributed by atoms with Crippen LogP contribution in [0, 0.1) is 6.92 Å². The molecule has 1 aromatic heterocycles. The van der Waals surface area contributed by atoms with Gasteiger partial charge in [0.15, 0.2) is 6.61 Å². The number of nitrogens with zero attached hydrogens (tertiary/aromatic N) is 4. The highest BCUT2D eigenvalue weighted by atomic mass is 16.5. The first-order chi connectivity index (χ1) is 14.2. The SMILES string of the molecule is Cc1nc(COc2ccccc2C(=O)N2CCN(Cc3ccccc3)CC2)no1. The lowest BCUT2D eigenvalue weighted by Crippen LogP contribution is -2.48. The number of benzene rings is 2. The fourth-order valence-corrected chi connectivity index (χ4v) is 3.43. The minimum absolute atomic E-state index is 0.00995. The third-order valence-electron chi connectivity index (χ3n) is 4.95. The van der Waals surface area contributed by atoms with E-state index in [1.54, 1.807) is 19.1 Å². The zero-order valence-electron chi connectivity index (χ0n) is 16.5. The molecular formula is C22H24N4O3. The second kappa shape index (κ2) is 8.87. The molecule has 0 aliphatic carbocycles. The lowest BCUT2D eigenvalue weighted by Gasteiger charge is -2.35. The quantitative estimate of drug-likeness (QED) is 0.642. The first-order valence-electron chi connectivity index (χ1n) is 9.75. The van der Waals surface area contributed by atoms with Crippen molar-refractivity contribution in [2.24, 2.45) is 0 Å². The maximum atomic E-state index is 13.1. The molecule has 150 valence electrons. The Hall–Kier alpha value is -3.19. The fraction of sp³-hybridized carbons (Fsp3) is 0.318. The number of aryl methyl sites for hydroxylation is 1. The molecule has 0 N–H and O–H groups in total. The average molecular weight is 392 g/mol. The second-order valence-electron chi connectivity index (χ2n) is 7.07. The molecule has 0 bridgehead atoms. The summed E-state index contributed by atoms with van der Waals surface area (Å²) in [5.74, 6) is 1.47. The van der Waals surface area contributed by atoms with Gasteiger partial charge in [0.25, 0.3) is 5.91 Å². The third kappa shape index (κ3) is 4.81. The van der Waals surface area contributed by atoms with Crippen molar-refractivity contribution in [2.75, 3.05) is 26.2 Å². The van der Waals surface area contributed by atoms with E-state index in [1.165, 1.54) is 5.56 Å². The number of hydrogen-bond acceptors (Lipinski definition) is 6. The van der Waals surface area contributed by atoms with Gasteiger partial charge in [-0.15, -0.1) is 0 Å². The third-order valence-corrected chi connectivity index (χ3v) is 4.95. The highest BCUT2D eigenvalue weighted by Crippen LogP contribution is 2.22. The molecule has 1 amide bonds. The molecule has 0 radical (unpaired) electrons. The number of hydrogen-bond donors (Lipinski definition) is 0. The molecule has 2 heterocycles. The Labute approximate surface area is 169 Å². The molecular weight excluding hydrogens is 368 g/mol. The molecule has 0 unspecified atom stereocenters. The topological polar surface area (TPSA) is 71.7 Å². The standard InChI is InChI=1S/C22H24N4O3/c1-17-23-21(24-29-17)16-28-20-10-6-5-9-19(20)22(27)26-13-11-25(12-14-26)15-18-7-3-2-4-8-18/h2-10H,11-16H2,1H3. The van der Waals surface area contributed by atoms with E-state index in [-0.39, 0.29) is 12.5 Å². The van der Waals surface area contributed by atoms with Crippen molar-refractivity contribution in [3.8, 4) is 5.75 Å². The Morgan fingerprint density at radius 1 is 1.03 bits per heavy atom. The van der Waals surface area contributed by atoms with Crippen LogP contribution in [0.1, 0.15) is 27.6 Å². The summed E-state index contributed by atoms with van der Waals surface area (Å²) in [4.78, 5) is 21.5. The van der Waals surface area contributed by atoms with Crippen LogP contribution >= 0.6 is 0 Å². The van der Waals surface area contributed by atoms with Crippen molar-refractivity contribution in [2.45, 2.75) is 20.1 Å². The van der Waals surface area contributed by atoms with Crippen LogP contribution in [0.25, 0.3) is 0 Å². The number of carbonyl (C=O) groups excluding carboxylic acids is 1. The van der Waals surface area contributed by atoms with Gasteiger partial charge in [-0.1, -0.05) is 47.6 Å². The van der Waals surface area contributed by atoms with Gasteiger partial charge in [-0.05, 0) is 17.7 Å². The summed E-state index contributed by atoms with van der Waals surface area (Å²) in [6.07, 6.45) is 0. The van der Waals surface area contributed by atoms with E-state index in [0.717, 1.165) is 19.6 Å². The van der Waals surface area contributed by atoms with Gasteiger partial charge in [0.1, 0.15) is 5.75 Å². The van der Waals surface area contributed by atoms with E-state index >= 15 is 0 Å². The Morgan fingerprint density at radius 3 is 2.48 bits per heavy atom. The van der Waals surface area contributed by atoms with E-state index < -0.39 is 0 Å². The first-order valence-corrected chi connectivity index (χ1v) is 9.75. The zero-order valence-corrected chi connectivity index (χ0v) is 16.5. The Bertz CT molecular complexity index is 949. The van der Waals surface area contributed by atoms with Gasteiger partial charge in [0, 0.05) is 39.6 Å². The lowest BCUT2D eigenvalue weighted by molar-refractivity contribution is 0.0624. The number of carbonyl (C=O) groups is 1. The number of para-hydroxylation sites is 1. The van der Waals surface area contributed by atoms with Crippen molar-refractivity contribution in [3.05, 3.63) is 77.4 Å². The molecule has 1 saturated heterocycles. The molecule has 1 aliphatic rings. The Balaban J connectivity index is 1.36. The van der Waals surface area contributed by atoms with Crippen molar-refractivity contribution in [3.63, 3.8) is 0 Å². The van der Waals surface area contributed by atoms with Gasteiger partial charge in [0.05, 0.1) is 5.56 Å². The maximum Gasteiger partial charge on any atom is 0.257 e. The van der Waals surface area contributed by atoms with Crippen LogP contribution in [-0.2, 0) is 13.2 Å². The largest absolute Gasteiger partial charge is 0.485 e. The van der Waals surface area contributed by atoms with Gasteiger partial charge >= 0.3 is 0 Å². The normalized spacial score (nSPS) is 14.7. The number of amides is 1. The summed E-state index contributed by atoms with van der Waals surface area (Å²) < 4.78 is 10.8. The van der Waals surface area contributed by atoms with E-state index in [0.29, 0.717) is 36.1 Å². The van der Waals surface area contributed by atoms with Crippen molar-refractivity contribution < 1.29 is 14.1 Å².